The molecule has 0 unspecified atom stereocenters. The highest BCUT2D eigenvalue weighted by Crippen LogP contribution is 2.23. The van der Waals surface area contributed by atoms with Gasteiger partial charge in [-0.05, 0) is 18.1 Å². The van der Waals surface area contributed by atoms with E-state index in [1.54, 1.807) is 18.3 Å². The molecule has 0 aliphatic rings. The van der Waals surface area contributed by atoms with E-state index in [0.29, 0.717) is 17.0 Å². The third kappa shape index (κ3) is 1.99. The SMILES string of the molecule is CC(C)c1cnn2c(N)nc(-c3cccc(F)c3)nc12. The maximum absolute atomic E-state index is 13.3. The molecule has 0 radical (unpaired) electrons. The summed E-state index contributed by atoms with van der Waals surface area (Å²) in [6, 6.07) is 6.13. The molecule has 2 heterocycles. The molecule has 0 amide bonds. The second kappa shape index (κ2) is 4.56. The third-order valence-electron chi connectivity index (χ3n) is 3.13. The van der Waals surface area contributed by atoms with E-state index in [4.69, 9.17) is 5.73 Å². The van der Waals surface area contributed by atoms with Crippen LogP contribution < -0.4 is 5.73 Å². The van der Waals surface area contributed by atoms with Crippen LogP contribution in [0.25, 0.3) is 17.0 Å². The summed E-state index contributed by atoms with van der Waals surface area (Å²) in [6.45, 7) is 4.11. The lowest BCUT2D eigenvalue weighted by Gasteiger charge is -2.06. The van der Waals surface area contributed by atoms with E-state index in [1.165, 1.54) is 16.6 Å². The van der Waals surface area contributed by atoms with Gasteiger partial charge in [0.15, 0.2) is 11.5 Å². The fraction of sp³-hybridized carbons (Fsp3) is 0.214. The monoisotopic (exact) mass is 271 g/mol. The molecular weight excluding hydrogens is 257 g/mol. The van der Waals surface area contributed by atoms with Gasteiger partial charge in [-0.1, -0.05) is 26.0 Å². The number of benzene rings is 1. The second-order valence-corrected chi connectivity index (χ2v) is 4.91. The van der Waals surface area contributed by atoms with Crippen molar-refractivity contribution < 1.29 is 4.39 Å². The quantitative estimate of drug-likeness (QED) is 0.778. The molecule has 2 N–H and O–H groups in total. The van der Waals surface area contributed by atoms with Crippen molar-refractivity contribution in [1.29, 1.82) is 0 Å². The van der Waals surface area contributed by atoms with Crippen molar-refractivity contribution >= 4 is 11.6 Å². The van der Waals surface area contributed by atoms with Crippen LogP contribution in [-0.2, 0) is 0 Å². The zero-order valence-electron chi connectivity index (χ0n) is 11.2. The highest BCUT2D eigenvalue weighted by Gasteiger charge is 2.14. The van der Waals surface area contributed by atoms with Crippen molar-refractivity contribution in [3.05, 3.63) is 41.8 Å². The van der Waals surface area contributed by atoms with Crippen molar-refractivity contribution in [1.82, 2.24) is 19.6 Å². The summed E-state index contributed by atoms with van der Waals surface area (Å²) in [5.41, 5.74) is 8.14. The van der Waals surface area contributed by atoms with Gasteiger partial charge in [0.1, 0.15) is 5.82 Å². The number of nitrogens with zero attached hydrogens (tertiary/aromatic N) is 4. The van der Waals surface area contributed by atoms with E-state index in [-0.39, 0.29) is 17.7 Å². The minimum Gasteiger partial charge on any atom is -0.368 e. The first-order chi connectivity index (χ1) is 9.56. The van der Waals surface area contributed by atoms with Gasteiger partial charge in [-0.15, -0.1) is 0 Å². The van der Waals surface area contributed by atoms with Gasteiger partial charge in [0.05, 0.1) is 6.20 Å². The number of anilines is 1. The van der Waals surface area contributed by atoms with E-state index in [9.17, 15) is 4.39 Å². The Kier molecular flexibility index (Phi) is 2.85. The van der Waals surface area contributed by atoms with Crippen LogP contribution in [-0.4, -0.2) is 19.6 Å². The molecule has 0 spiro atoms. The Bertz CT molecular complexity index is 778. The number of hydrogen-bond donors (Lipinski definition) is 1. The van der Waals surface area contributed by atoms with Gasteiger partial charge in [0.2, 0.25) is 5.95 Å². The zero-order valence-corrected chi connectivity index (χ0v) is 11.2. The largest absolute Gasteiger partial charge is 0.368 e. The highest BCUT2D eigenvalue weighted by molar-refractivity contribution is 5.61. The van der Waals surface area contributed by atoms with E-state index in [2.05, 4.69) is 28.9 Å². The normalized spacial score (nSPS) is 11.4. The maximum atomic E-state index is 13.3. The molecule has 0 fully saturated rings. The number of halogens is 1. The molecule has 0 bridgehead atoms. The van der Waals surface area contributed by atoms with Gasteiger partial charge < -0.3 is 5.73 Å². The molecule has 3 aromatic rings. The lowest BCUT2D eigenvalue weighted by molar-refractivity contribution is 0.628. The highest BCUT2D eigenvalue weighted by atomic mass is 19.1. The van der Waals surface area contributed by atoms with E-state index in [1.807, 2.05) is 0 Å². The smallest absolute Gasteiger partial charge is 0.225 e. The van der Waals surface area contributed by atoms with Crippen LogP contribution in [0.5, 0.6) is 0 Å². The average Bonchev–Trinajstić information content (AvgIpc) is 2.83. The first-order valence-electron chi connectivity index (χ1n) is 6.33. The third-order valence-corrected chi connectivity index (χ3v) is 3.13. The molecule has 6 heteroatoms. The predicted molar refractivity (Wildman–Crippen MR) is 74.7 cm³/mol. The first kappa shape index (κ1) is 12.5. The lowest BCUT2D eigenvalue weighted by Crippen LogP contribution is -2.06. The van der Waals surface area contributed by atoms with Crippen LogP contribution in [0.15, 0.2) is 30.5 Å². The molecular formula is C14H14FN5. The molecule has 3 rings (SSSR count). The van der Waals surface area contributed by atoms with E-state index in [0.717, 1.165) is 5.56 Å². The second-order valence-electron chi connectivity index (χ2n) is 4.91. The number of aromatic nitrogens is 4. The Morgan fingerprint density at radius 1 is 1.25 bits per heavy atom. The molecule has 1 aromatic carbocycles. The van der Waals surface area contributed by atoms with Gasteiger partial charge in [-0.2, -0.15) is 14.6 Å². The maximum Gasteiger partial charge on any atom is 0.225 e. The molecule has 0 aliphatic carbocycles. The molecule has 0 saturated heterocycles. The number of hydrogen-bond acceptors (Lipinski definition) is 4. The Morgan fingerprint density at radius 2 is 2.05 bits per heavy atom. The summed E-state index contributed by atoms with van der Waals surface area (Å²) in [4.78, 5) is 8.66. The summed E-state index contributed by atoms with van der Waals surface area (Å²) in [6.07, 6.45) is 1.74. The van der Waals surface area contributed by atoms with Gasteiger partial charge in [0, 0.05) is 11.1 Å². The molecule has 0 aliphatic heterocycles. The Balaban J connectivity index is 2.25. The predicted octanol–water partition coefficient (Wildman–Crippen LogP) is 2.64. The Labute approximate surface area is 115 Å². The van der Waals surface area contributed by atoms with Crippen LogP contribution in [0.3, 0.4) is 0 Å². The lowest BCUT2D eigenvalue weighted by atomic mass is 10.1. The summed E-state index contributed by atoms with van der Waals surface area (Å²) in [5, 5.41) is 4.18. The van der Waals surface area contributed by atoms with Crippen LogP contribution in [0.4, 0.5) is 10.3 Å². The zero-order chi connectivity index (χ0) is 14.3. The van der Waals surface area contributed by atoms with Crippen molar-refractivity contribution in [3.8, 4) is 11.4 Å². The molecule has 0 saturated carbocycles. The van der Waals surface area contributed by atoms with Crippen molar-refractivity contribution in [2.45, 2.75) is 19.8 Å². The number of fused-ring (bicyclic) bond motifs is 1. The van der Waals surface area contributed by atoms with Crippen molar-refractivity contribution in [3.63, 3.8) is 0 Å². The van der Waals surface area contributed by atoms with Gasteiger partial charge in [-0.25, -0.2) is 9.37 Å². The van der Waals surface area contributed by atoms with E-state index >= 15 is 0 Å². The molecule has 0 atom stereocenters. The van der Waals surface area contributed by atoms with Crippen molar-refractivity contribution in [2.24, 2.45) is 0 Å². The van der Waals surface area contributed by atoms with Crippen LogP contribution >= 0.6 is 0 Å². The average molecular weight is 271 g/mol. The van der Waals surface area contributed by atoms with Gasteiger partial charge in [0.25, 0.3) is 0 Å². The topological polar surface area (TPSA) is 69.1 Å². The van der Waals surface area contributed by atoms with Crippen molar-refractivity contribution in [2.75, 3.05) is 5.73 Å². The number of rotatable bonds is 2. The number of nitrogens with two attached hydrogens (primary N) is 1. The first-order valence-corrected chi connectivity index (χ1v) is 6.33. The molecule has 5 nitrogen and oxygen atoms in total. The minimum atomic E-state index is -0.331. The summed E-state index contributed by atoms with van der Waals surface area (Å²) >= 11 is 0. The summed E-state index contributed by atoms with van der Waals surface area (Å²) < 4.78 is 14.8. The van der Waals surface area contributed by atoms with Crippen LogP contribution in [0.2, 0.25) is 0 Å². The fourth-order valence-corrected chi connectivity index (χ4v) is 2.08. The van der Waals surface area contributed by atoms with E-state index < -0.39 is 0 Å². The summed E-state index contributed by atoms with van der Waals surface area (Å²) in [7, 11) is 0. The van der Waals surface area contributed by atoms with Crippen LogP contribution in [0, 0.1) is 5.82 Å². The van der Waals surface area contributed by atoms with Crippen LogP contribution in [0.1, 0.15) is 25.3 Å². The summed E-state index contributed by atoms with van der Waals surface area (Å²) in [5.74, 6) is 0.572. The molecule has 2 aromatic heterocycles. The Hall–Kier alpha value is -2.50. The minimum absolute atomic E-state index is 0.237. The Morgan fingerprint density at radius 3 is 2.75 bits per heavy atom. The molecule has 20 heavy (non-hydrogen) atoms. The van der Waals surface area contributed by atoms with Gasteiger partial charge >= 0.3 is 0 Å². The standard InChI is InChI=1S/C14H14FN5/c1-8(2)11-7-17-20-13(11)18-12(19-14(20)16)9-4-3-5-10(15)6-9/h3-8H,1-2H3,(H2,16,18,19). The number of nitrogen functional groups attached to an aromatic ring is 1. The fourth-order valence-electron chi connectivity index (χ4n) is 2.08. The van der Waals surface area contributed by atoms with Gasteiger partial charge in [-0.3, -0.25) is 0 Å². The molecule has 102 valence electrons.